The molecule has 3 heteroatoms. The van der Waals surface area contributed by atoms with Crippen LogP contribution in [0.3, 0.4) is 0 Å². The minimum Gasteiger partial charge on any atom is -0.294 e. The number of ketones is 2. The Hall–Kier alpha value is -2.81. The lowest BCUT2D eigenvalue weighted by atomic mass is 9.71. The lowest BCUT2D eigenvalue weighted by Gasteiger charge is -2.33. The largest absolute Gasteiger partial charge is 0.294 e. The fourth-order valence-corrected chi connectivity index (χ4v) is 4.67. The Morgan fingerprint density at radius 2 is 1.73 bits per heavy atom. The van der Waals surface area contributed by atoms with Crippen molar-refractivity contribution in [2.45, 2.75) is 32.1 Å². The van der Waals surface area contributed by atoms with Gasteiger partial charge >= 0.3 is 0 Å². The predicted molar refractivity (Wildman–Crippen MR) is 101 cm³/mol. The van der Waals surface area contributed by atoms with Crippen LogP contribution >= 0.6 is 0 Å². The summed E-state index contributed by atoms with van der Waals surface area (Å²) in [7, 11) is 0. The van der Waals surface area contributed by atoms with Crippen molar-refractivity contribution < 1.29 is 9.59 Å². The topological polar surface area (TPSA) is 46.5 Å². The first-order chi connectivity index (χ1) is 12.6. The van der Waals surface area contributed by atoms with Crippen molar-refractivity contribution >= 4 is 17.3 Å². The third-order valence-corrected chi connectivity index (χ3v) is 5.78. The number of carbonyl (C=O) groups is 2. The zero-order chi connectivity index (χ0) is 17.8. The number of carbonyl (C=O) groups excluding carboxylic acids is 2. The molecule has 0 aromatic heterocycles. The van der Waals surface area contributed by atoms with E-state index >= 15 is 0 Å². The number of aliphatic imine (C=N–C) groups is 1. The summed E-state index contributed by atoms with van der Waals surface area (Å²) in [5.41, 5.74) is 6.38. The van der Waals surface area contributed by atoms with Gasteiger partial charge in [0.1, 0.15) is 0 Å². The molecule has 0 N–H and O–H groups in total. The molecule has 2 aliphatic carbocycles. The average molecular weight is 341 g/mol. The van der Waals surface area contributed by atoms with Crippen molar-refractivity contribution in [3.8, 4) is 0 Å². The quantitative estimate of drug-likeness (QED) is 0.772. The molecular formula is C23H19NO2. The molecule has 2 aromatic rings. The molecule has 0 saturated heterocycles. The molecule has 3 nitrogen and oxygen atoms in total. The van der Waals surface area contributed by atoms with Crippen molar-refractivity contribution in [1.82, 2.24) is 0 Å². The molecular weight excluding hydrogens is 322 g/mol. The molecule has 5 rings (SSSR count). The molecule has 2 atom stereocenters. The molecule has 3 aliphatic rings. The maximum Gasteiger partial charge on any atom is 0.173 e. The van der Waals surface area contributed by atoms with Crippen molar-refractivity contribution in [2.75, 3.05) is 0 Å². The van der Waals surface area contributed by atoms with Crippen LogP contribution in [0.1, 0.15) is 52.2 Å². The fourth-order valence-electron chi connectivity index (χ4n) is 4.67. The van der Waals surface area contributed by atoms with Gasteiger partial charge in [0.2, 0.25) is 0 Å². The van der Waals surface area contributed by atoms with E-state index in [2.05, 4.69) is 6.07 Å². The molecule has 0 saturated carbocycles. The van der Waals surface area contributed by atoms with Gasteiger partial charge in [-0.2, -0.15) is 0 Å². The van der Waals surface area contributed by atoms with Gasteiger partial charge in [0, 0.05) is 34.7 Å². The Balaban J connectivity index is 1.78. The summed E-state index contributed by atoms with van der Waals surface area (Å²) in [6.07, 6.45) is 2.21. The highest BCUT2D eigenvalue weighted by Gasteiger charge is 2.48. The standard InChI is InChI=1S/C23H19NO2/c1-13-6-4-7-14(12-13)19-20-17(10-5-11-18(20)25)24-22-15-8-2-3-9-16(15)23(26)21(19)22/h2-4,6-9,12,19,21H,5,10-11H2,1H3/t19-,21+/m0/s1. The average Bonchev–Trinajstić information content (AvgIpc) is 2.93. The van der Waals surface area contributed by atoms with Crippen molar-refractivity contribution in [3.05, 3.63) is 82.1 Å². The van der Waals surface area contributed by atoms with Crippen LogP contribution < -0.4 is 0 Å². The highest BCUT2D eigenvalue weighted by molar-refractivity contribution is 6.30. The maximum absolute atomic E-state index is 13.3. The molecule has 0 amide bonds. The Kier molecular flexibility index (Phi) is 3.33. The van der Waals surface area contributed by atoms with Crippen LogP contribution in [0.25, 0.3) is 0 Å². The van der Waals surface area contributed by atoms with Crippen LogP contribution in [0, 0.1) is 12.8 Å². The second-order valence-corrected chi connectivity index (χ2v) is 7.41. The number of aryl methyl sites for hydroxylation is 1. The molecule has 0 fully saturated rings. The van der Waals surface area contributed by atoms with E-state index < -0.39 is 0 Å². The normalized spacial score (nSPS) is 24.1. The van der Waals surface area contributed by atoms with Gasteiger partial charge < -0.3 is 0 Å². The van der Waals surface area contributed by atoms with Crippen molar-refractivity contribution in [3.63, 3.8) is 0 Å². The number of hydrogen-bond acceptors (Lipinski definition) is 3. The second-order valence-electron chi connectivity index (χ2n) is 7.41. The number of rotatable bonds is 1. The highest BCUT2D eigenvalue weighted by Crippen LogP contribution is 2.48. The van der Waals surface area contributed by atoms with E-state index in [1.165, 1.54) is 0 Å². The number of fused-ring (bicyclic) bond motifs is 3. The number of benzene rings is 2. The Morgan fingerprint density at radius 1 is 0.923 bits per heavy atom. The summed E-state index contributed by atoms with van der Waals surface area (Å²) in [4.78, 5) is 31.0. The number of nitrogens with zero attached hydrogens (tertiary/aromatic N) is 1. The summed E-state index contributed by atoms with van der Waals surface area (Å²) in [5.74, 6) is -0.347. The lowest BCUT2D eigenvalue weighted by Crippen LogP contribution is -2.33. The van der Waals surface area contributed by atoms with Crippen LogP contribution in [0.5, 0.6) is 0 Å². The Labute approximate surface area is 152 Å². The smallest absolute Gasteiger partial charge is 0.173 e. The van der Waals surface area contributed by atoms with Crippen LogP contribution in [0.2, 0.25) is 0 Å². The third-order valence-electron chi connectivity index (χ3n) is 5.78. The first-order valence-corrected chi connectivity index (χ1v) is 9.20. The van der Waals surface area contributed by atoms with Crippen LogP contribution in [0.4, 0.5) is 0 Å². The molecule has 1 aliphatic heterocycles. The van der Waals surface area contributed by atoms with Gasteiger partial charge in [-0.15, -0.1) is 0 Å². The number of Topliss-reactive ketones (excluding diaryl/α,β-unsaturated/α-hetero) is 2. The minimum atomic E-state index is -0.380. The van der Waals surface area contributed by atoms with E-state index in [1.54, 1.807) is 0 Å². The Morgan fingerprint density at radius 3 is 2.54 bits per heavy atom. The van der Waals surface area contributed by atoms with Gasteiger partial charge in [0.15, 0.2) is 11.6 Å². The zero-order valence-electron chi connectivity index (χ0n) is 14.7. The van der Waals surface area contributed by atoms with E-state index in [0.29, 0.717) is 6.42 Å². The SMILES string of the molecule is Cc1cccc([C@H]2C3=C(CCCC3=O)N=C3c4ccccc4C(=O)[C@@H]32)c1. The van der Waals surface area contributed by atoms with Crippen LogP contribution in [-0.2, 0) is 4.79 Å². The fraction of sp³-hybridized carbons (Fsp3) is 0.261. The van der Waals surface area contributed by atoms with Crippen molar-refractivity contribution in [2.24, 2.45) is 10.9 Å². The summed E-state index contributed by atoms with van der Waals surface area (Å²) >= 11 is 0. The van der Waals surface area contributed by atoms with E-state index in [9.17, 15) is 9.59 Å². The second kappa shape index (κ2) is 5.60. The summed E-state index contributed by atoms with van der Waals surface area (Å²) in [5, 5.41) is 0. The number of hydrogen-bond donors (Lipinski definition) is 0. The Bertz CT molecular complexity index is 1030. The zero-order valence-corrected chi connectivity index (χ0v) is 14.7. The summed E-state index contributed by atoms with van der Waals surface area (Å²) < 4.78 is 0. The molecule has 2 aromatic carbocycles. The van der Waals surface area contributed by atoms with Crippen LogP contribution in [0.15, 0.2) is 64.8 Å². The van der Waals surface area contributed by atoms with E-state index in [-0.39, 0.29) is 23.4 Å². The first kappa shape index (κ1) is 15.4. The van der Waals surface area contributed by atoms with E-state index in [0.717, 1.165) is 52.1 Å². The first-order valence-electron chi connectivity index (χ1n) is 9.20. The van der Waals surface area contributed by atoms with Gasteiger partial charge in [0.25, 0.3) is 0 Å². The van der Waals surface area contributed by atoms with Crippen LogP contribution in [-0.4, -0.2) is 17.3 Å². The van der Waals surface area contributed by atoms with Gasteiger partial charge in [0.05, 0.1) is 11.6 Å². The van der Waals surface area contributed by atoms with Gasteiger partial charge in [-0.3, -0.25) is 14.6 Å². The van der Waals surface area contributed by atoms with Gasteiger partial charge in [-0.25, -0.2) is 0 Å². The molecule has 1 heterocycles. The molecule has 0 unspecified atom stereocenters. The van der Waals surface area contributed by atoms with E-state index in [1.807, 2.05) is 49.4 Å². The molecule has 26 heavy (non-hydrogen) atoms. The number of allylic oxidation sites excluding steroid dienone is 2. The van der Waals surface area contributed by atoms with Crippen molar-refractivity contribution in [1.29, 1.82) is 0 Å². The summed E-state index contributed by atoms with van der Waals surface area (Å²) in [6, 6.07) is 15.9. The molecule has 0 bridgehead atoms. The molecule has 0 spiro atoms. The van der Waals surface area contributed by atoms with Gasteiger partial charge in [-0.1, -0.05) is 54.1 Å². The molecule has 0 radical (unpaired) electrons. The molecule has 128 valence electrons. The summed E-state index contributed by atoms with van der Waals surface area (Å²) in [6.45, 7) is 2.05. The van der Waals surface area contributed by atoms with Gasteiger partial charge in [-0.05, 0) is 25.3 Å². The lowest BCUT2D eigenvalue weighted by molar-refractivity contribution is -0.116. The highest BCUT2D eigenvalue weighted by atomic mass is 16.1. The third kappa shape index (κ3) is 2.10. The minimum absolute atomic E-state index is 0.0933. The maximum atomic E-state index is 13.3. The predicted octanol–water partition coefficient (Wildman–Crippen LogP) is 4.40. The van der Waals surface area contributed by atoms with E-state index in [4.69, 9.17) is 4.99 Å². The monoisotopic (exact) mass is 341 g/mol.